The number of hydrogen-bond acceptors (Lipinski definition) is 3. The van der Waals surface area contributed by atoms with E-state index < -0.39 is 0 Å². The summed E-state index contributed by atoms with van der Waals surface area (Å²) < 4.78 is 4.85. The van der Waals surface area contributed by atoms with Crippen LogP contribution in [-0.4, -0.2) is 32.6 Å². The zero-order chi connectivity index (χ0) is 12.0. The van der Waals surface area contributed by atoms with Gasteiger partial charge in [-0.05, 0) is 18.2 Å². The van der Waals surface area contributed by atoms with Gasteiger partial charge in [0.25, 0.3) is 0 Å². The van der Waals surface area contributed by atoms with E-state index in [9.17, 15) is 4.79 Å². The normalized spacial score (nSPS) is 10.4. The number of Topliss-reactive ketones (excluding diaryl/α,β-unsaturated/α-hetero) is 1. The van der Waals surface area contributed by atoms with Crippen LogP contribution in [0.15, 0.2) is 18.2 Å². The lowest BCUT2D eigenvalue weighted by atomic mass is 10.1. The van der Waals surface area contributed by atoms with Gasteiger partial charge in [0.05, 0.1) is 23.2 Å². The van der Waals surface area contributed by atoms with E-state index in [1.807, 2.05) is 0 Å². The van der Waals surface area contributed by atoms with Gasteiger partial charge in [-0.2, -0.15) is 0 Å². The first kappa shape index (κ1) is 13.5. The molecule has 3 nitrogen and oxygen atoms in total. The number of rotatable bonds is 6. The lowest BCUT2D eigenvalue weighted by Gasteiger charge is -2.04. The number of hydrogen-bond donors (Lipinski definition) is 1. The average Bonchev–Trinajstić information content (AvgIpc) is 2.28. The van der Waals surface area contributed by atoms with Gasteiger partial charge in [0.2, 0.25) is 0 Å². The fourth-order valence-electron chi connectivity index (χ4n) is 1.15. The Bertz CT molecular complexity index is 369. The lowest BCUT2D eigenvalue weighted by molar-refractivity contribution is 0.0987. The van der Waals surface area contributed by atoms with Gasteiger partial charge in [-0.15, -0.1) is 0 Å². The number of methoxy groups -OCH3 is 1. The molecule has 5 heteroatoms. The molecule has 1 rings (SSSR count). The van der Waals surface area contributed by atoms with Crippen LogP contribution in [0.4, 0.5) is 0 Å². The Kier molecular flexibility index (Phi) is 5.77. The SMILES string of the molecule is COCCNCC(=O)c1ccc(Cl)c(Cl)c1. The predicted molar refractivity (Wildman–Crippen MR) is 65.5 cm³/mol. The molecule has 0 heterocycles. The quantitative estimate of drug-likeness (QED) is 0.632. The second-order valence-corrected chi connectivity index (χ2v) is 4.04. The summed E-state index contributed by atoms with van der Waals surface area (Å²) in [7, 11) is 1.61. The molecular formula is C11H13Cl2NO2. The number of ketones is 1. The van der Waals surface area contributed by atoms with Crippen LogP contribution in [0.25, 0.3) is 0 Å². The van der Waals surface area contributed by atoms with Gasteiger partial charge in [-0.1, -0.05) is 23.2 Å². The van der Waals surface area contributed by atoms with Crippen LogP contribution < -0.4 is 5.32 Å². The molecule has 0 amide bonds. The number of benzene rings is 1. The summed E-state index contributed by atoms with van der Waals surface area (Å²) in [5, 5.41) is 3.81. The second-order valence-electron chi connectivity index (χ2n) is 3.22. The monoisotopic (exact) mass is 261 g/mol. The maximum Gasteiger partial charge on any atom is 0.176 e. The summed E-state index contributed by atoms with van der Waals surface area (Å²) in [4.78, 5) is 11.7. The van der Waals surface area contributed by atoms with Crippen LogP contribution >= 0.6 is 23.2 Å². The molecule has 0 unspecified atom stereocenters. The summed E-state index contributed by atoms with van der Waals surface area (Å²) in [6.07, 6.45) is 0. The Hall–Kier alpha value is -0.610. The highest BCUT2D eigenvalue weighted by Gasteiger charge is 2.07. The zero-order valence-electron chi connectivity index (χ0n) is 8.93. The third kappa shape index (κ3) is 4.10. The van der Waals surface area contributed by atoms with Gasteiger partial charge >= 0.3 is 0 Å². The Morgan fingerprint density at radius 2 is 2.12 bits per heavy atom. The molecule has 88 valence electrons. The number of nitrogens with one attached hydrogen (secondary N) is 1. The highest BCUT2D eigenvalue weighted by atomic mass is 35.5. The molecule has 0 radical (unpaired) electrons. The second kappa shape index (κ2) is 6.86. The van der Waals surface area contributed by atoms with Crippen molar-refractivity contribution in [3.63, 3.8) is 0 Å². The highest BCUT2D eigenvalue weighted by Crippen LogP contribution is 2.22. The molecule has 0 aliphatic carbocycles. The van der Waals surface area contributed by atoms with E-state index in [2.05, 4.69) is 5.32 Å². The number of carbonyl (C=O) groups excluding carboxylic acids is 1. The van der Waals surface area contributed by atoms with Gasteiger partial charge in [-0.3, -0.25) is 4.79 Å². The van der Waals surface area contributed by atoms with Gasteiger partial charge in [0.15, 0.2) is 5.78 Å². The molecule has 1 aromatic rings. The van der Waals surface area contributed by atoms with E-state index in [-0.39, 0.29) is 12.3 Å². The van der Waals surface area contributed by atoms with Crippen molar-refractivity contribution in [1.82, 2.24) is 5.32 Å². The first-order valence-corrected chi connectivity index (χ1v) is 5.58. The summed E-state index contributed by atoms with van der Waals surface area (Å²) in [6.45, 7) is 1.49. The number of ether oxygens (including phenoxy) is 1. The van der Waals surface area contributed by atoms with E-state index in [1.54, 1.807) is 25.3 Å². The van der Waals surface area contributed by atoms with Gasteiger partial charge in [0.1, 0.15) is 0 Å². The van der Waals surface area contributed by atoms with Gasteiger partial charge in [0, 0.05) is 19.2 Å². The van der Waals surface area contributed by atoms with Crippen LogP contribution in [0.3, 0.4) is 0 Å². The van der Waals surface area contributed by atoms with E-state index in [0.29, 0.717) is 28.8 Å². The Morgan fingerprint density at radius 3 is 2.75 bits per heavy atom. The lowest BCUT2D eigenvalue weighted by Crippen LogP contribution is -2.26. The first-order chi connectivity index (χ1) is 7.65. The summed E-state index contributed by atoms with van der Waals surface area (Å²) in [5.41, 5.74) is 0.555. The van der Waals surface area contributed by atoms with Crippen molar-refractivity contribution >= 4 is 29.0 Å². The van der Waals surface area contributed by atoms with Crippen molar-refractivity contribution in [2.75, 3.05) is 26.8 Å². The standard InChI is InChI=1S/C11H13Cl2NO2/c1-16-5-4-14-7-11(15)8-2-3-9(12)10(13)6-8/h2-3,6,14H,4-5,7H2,1H3. The number of carbonyl (C=O) groups is 1. The van der Waals surface area contributed by atoms with E-state index in [1.165, 1.54) is 0 Å². The smallest absolute Gasteiger partial charge is 0.176 e. The van der Waals surface area contributed by atoms with Crippen LogP contribution in [0.2, 0.25) is 10.0 Å². The van der Waals surface area contributed by atoms with Crippen molar-refractivity contribution in [3.05, 3.63) is 33.8 Å². The van der Waals surface area contributed by atoms with Crippen molar-refractivity contribution in [3.8, 4) is 0 Å². The van der Waals surface area contributed by atoms with Crippen molar-refractivity contribution in [2.24, 2.45) is 0 Å². The Balaban J connectivity index is 2.50. The van der Waals surface area contributed by atoms with Crippen molar-refractivity contribution in [2.45, 2.75) is 0 Å². The molecule has 0 atom stereocenters. The van der Waals surface area contributed by atoms with Crippen LogP contribution in [-0.2, 0) is 4.74 Å². The van der Waals surface area contributed by atoms with Crippen molar-refractivity contribution in [1.29, 1.82) is 0 Å². The third-order valence-corrected chi connectivity index (χ3v) is 2.75. The molecule has 1 N–H and O–H groups in total. The van der Waals surface area contributed by atoms with E-state index in [0.717, 1.165) is 0 Å². The minimum Gasteiger partial charge on any atom is -0.383 e. The third-order valence-electron chi connectivity index (χ3n) is 2.01. The van der Waals surface area contributed by atoms with Crippen LogP contribution in [0.5, 0.6) is 0 Å². The number of halogens is 2. The Morgan fingerprint density at radius 1 is 1.38 bits per heavy atom. The van der Waals surface area contributed by atoms with Gasteiger partial charge < -0.3 is 10.1 Å². The van der Waals surface area contributed by atoms with E-state index >= 15 is 0 Å². The molecule has 0 aliphatic rings. The Labute approximate surface area is 105 Å². The predicted octanol–water partition coefficient (Wildman–Crippen LogP) is 2.41. The molecule has 0 aliphatic heterocycles. The van der Waals surface area contributed by atoms with Crippen LogP contribution in [0.1, 0.15) is 10.4 Å². The highest BCUT2D eigenvalue weighted by molar-refractivity contribution is 6.42. The first-order valence-electron chi connectivity index (χ1n) is 4.83. The minimum absolute atomic E-state index is 0.0188. The molecule has 0 saturated heterocycles. The molecule has 0 saturated carbocycles. The van der Waals surface area contributed by atoms with Crippen LogP contribution in [0, 0.1) is 0 Å². The maximum atomic E-state index is 11.7. The molecule has 0 aromatic heterocycles. The van der Waals surface area contributed by atoms with Crippen molar-refractivity contribution < 1.29 is 9.53 Å². The molecule has 0 fully saturated rings. The minimum atomic E-state index is -0.0188. The fraction of sp³-hybridized carbons (Fsp3) is 0.364. The summed E-state index contributed by atoms with van der Waals surface area (Å²) >= 11 is 11.6. The zero-order valence-corrected chi connectivity index (χ0v) is 10.4. The maximum absolute atomic E-state index is 11.7. The molecule has 1 aromatic carbocycles. The van der Waals surface area contributed by atoms with E-state index in [4.69, 9.17) is 27.9 Å². The topological polar surface area (TPSA) is 38.3 Å². The fourth-order valence-corrected chi connectivity index (χ4v) is 1.45. The molecule has 0 spiro atoms. The largest absolute Gasteiger partial charge is 0.383 e. The molecule has 16 heavy (non-hydrogen) atoms. The molecule has 0 bridgehead atoms. The summed E-state index contributed by atoms with van der Waals surface area (Å²) in [5.74, 6) is -0.0188. The average molecular weight is 262 g/mol. The van der Waals surface area contributed by atoms with Gasteiger partial charge in [-0.25, -0.2) is 0 Å². The molecular weight excluding hydrogens is 249 g/mol. The summed E-state index contributed by atoms with van der Waals surface area (Å²) in [6, 6.07) is 4.85.